The van der Waals surface area contributed by atoms with Crippen molar-refractivity contribution in [3.05, 3.63) is 0 Å². The van der Waals surface area contributed by atoms with E-state index in [-0.39, 0.29) is 12.9 Å². The topological polar surface area (TPSA) is 52.9 Å². The molecule has 8 unspecified atom stereocenters. The Hall–Kier alpha value is -0.160. The van der Waals surface area contributed by atoms with Crippen molar-refractivity contribution in [1.29, 1.82) is 0 Å². The first-order chi connectivity index (χ1) is 15.1. The van der Waals surface area contributed by atoms with E-state index in [9.17, 15) is 5.11 Å². The lowest BCUT2D eigenvalue weighted by atomic mass is 9.46. The van der Waals surface area contributed by atoms with Gasteiger partial charge in [0.25, 0.3) is 0 Å². The first-order valence-corrected chi connectivity index (χ1v) is 13.6. The van der Waals surface area contributed by atoms with Gasteiger partial charge in [-0.3, -0.25) is 0 Å². The highest BCUT2D eigenvalue weighted by Gasteiger charge is 2.80. The van der Waals surface area contributed by atoms with Crippen LogP contribution in [0, 0.1) is 45.3 Å². The minimum absolute atomic E-state index is 0. The maximum absolute atomic E-state index is 10.8. The number of rotatable bonds is 2. The predicted molar refractivity (Wildman–Crippen MR) is 130 cm³/mol. The van der Waals surface area contributed by atoms with Crippen LogP contribution >= 0.6 is 0 Å². The van der Waals surface area contributed by atoms with Gasteiger partial charge in [0, 0.05) is 15.1 Å². The van der Waals surface area contributed by atoms with Crippen molar-refractivity contribution in [2.45, 2.75) is 103 Å². The van der Waals surface area contributed by atoms with Gasteiger partial charge in [0.15, 0.2) is 0 Å². The maximum atomic E-state index is 10.8. The summed E-state index contributed by atoms with van der Waals surface area (Å²) in [5, 5.41) is 17.8. The Morgan fingerprint density at radius 3 is 2.31 bits per heavy atom. The Balaban J connectivity index is 0.000000842. The Morgan fingerprint density at radius 2 is 1.59 bits per heavy atom. The van der Waals surface area contributed by atoms with E-state index in [4.69, 9.17) is 9.84 Å². The van der Waals surface area contributed by atoms with E-state index < -0.39 is 0 Å². The number of aliphatic hydroxyl groups is 2. The number of hydrogen-bond acceptors (Lipinski definition) is 4. The van der Waals surface area contributed by atoms with Crippen LogP contribution < -0.4 is 0 Å². The molecule has 186 valence electrons. The van der Waals surface area contributed by atoms with Gasteiger partial charge >= 0.3 is 0 Å². The molecule has 6 aliphatic rings. The number of likely N-dealkylation sites (N-methyl/N-ethyl adjacent to an activating group) is 1. The van der Waals surface area contributed by atoms with Crippen LogP contribution in [0.5, 0.6) is 0 Å². The minimum Gasteiger partial charge on any atom is -0.400 e. The molecule has 1 aliphatic heterocycles. The highest BCUT2D eigenvalue weighted by molar-refractivity contribution is 5.29. The molecule has 4 heteroatoms. The summed E-state index contributed by atoms with van der Waals surface area (Å²) in [5.74, 6) is 3.36. The summed E-state index contributed by atoms with van der Waals surface area (Å²) in [6, 6.07) is 0. The summed E-state index contributed by atoms with van der Waals surface area (Å²) in [4.78, 5) is 2.30. The lowest BCUT2D eigenvalue weighted by molar-refractivity contribution is -0.135. The molecule has 1 saturated heterocycles. The molecule has 0 amide bonds. The quantitative estimate of drug-likeness (QED) is 0.625. The van der Waals surface area contributed by atoms with Crippen LogP contribution in [-0.4, -0.2) is 61.2 Å². The zero-order valence-electron chi connectivity index (χ0n) is 21.6. The van der Waals surface area contributed by atoms with Crippen molar-refractivity contribution in [2.75, 3.05) is 27.7 Å². The maximum Gasteiger partial charge on any atom is 0.0705 e. The smallest absolute Gasteiger partial charge is 0.0705 e. The van der Waals surface area contributed by atoms with Gasteiger partial charge in [-0.25, -0.2) is 0 Å². The van der Waals surface area contributed by atoms with Gasteiger partial charge in [-0.15, -0.1) is 0 Å². The summed E-state index contributed by atoms with van der Waals surface area (Å²) in [5.41, 5.74) is 1.82. The van der Waals surface area contributed by atoms with Crippen molar-refractivity contribution >= 4 is 0 Å². The summed E-state index contributed by atoms with van der Waals surface area (Å²) in [6.45, 7) is 8.51. The highest BCUT2D eigenvalue weighted by Crippen LogP contribution is 2.87. The fourth-order valence-electron chi connectivity index (χ4n) is 10.9. The molecule has 32 heavy (non-hydrogen) atoms. The molecule has 6 rings (SSSR count). The van der Waals surface area contributed by atoms with E-state index in [1.165, 1.54) is 57.8 Å². The van der Waals surface area contributed by atoms with Gasteiger partial charge in [0.2, 0.25) is 0 Å². The lowest BCUT2D eigenvalue weighted by Crippen LogP contribution is -2.54. The molecule has 5 saturated carbocycles. The van der Waals surface area contributed by atoms with Crippen molar-refractivity contribution in [1.82, 2.24) is 4.90 Å². The van der Waals surface area contributed by atoms with Crippen molar-refractivity contribution in [2.24, 2.45) is 45.3 Å². The molecule has 2 N–H and O–H groups in total. The van der Waals surface area contributed by atoms with E-state index in [1.54, 1.807) is 0 Å². The molecule has 2 spiro atoms. The molecule has 5 aliphatic carbocycles. The molecule has 0 bridgehead atoms. The molecule has 10 atom stereocenters. The largest absolute Gasteiger partial charge is 0.400 e. The number of aliphatic hydroxyl groups excluding tert-OH is 2. The normalized spacial score (nSPS) is 54.8. The Kier molecular flexibility index (Phi) is 5.65. The van der Waals surface area contributed by atoms with E-state index in [1.807, 2.05) is 0 Å². The van der Waals surface area contributed by atoms with Crippen molar-refractivity contribution < 1.29 is 16.4 Å². The zero-order valence-corrected chi connectivity index (χ0v) is 21.6. The number of hydrogen-bond donors (Lipinski definition) is 2. The third kappa shape index (κ3) is 2.94. The van der Waals surface area contributed by atoms with E-state index in [0.717, 1.165) is 43.7 Å². The molecule has 1 heterocycles. The third-order valence-electron chi connectivity index (χ3n) is 12.2. The van der Waals surface area contributed by atoms with Crippen LogP contribution in [0.2, 0.25) is 0 Å². The SMILES string of the molecule is CN(C)CC1CCC2C(CC3C4CCC5C(C)(C)[C@@H](O)CCC56C[C@@]46CCC23C)O1.CO.[HH]. The Morgan fingerprint density at radius 1 is 0.875 bits per heavy atom. The molecular formula is C28H51NO3. The van der Waals surface area contributed by atoms with E-state index >= 15 is 0 Å². The molecule has 0 radical (unpaired) electrons. The standard InChI is InChI=1S/C27H45NO2.CH4O.H2/c1-24(2)22-9-8-18-20-14-21-19(7-6-17(30-21)15-28(4)5)25(20,3)12-13-26(18)16-27(22,26)11-10-23(24)29;1-2;/h17-23,29H,6-16H2,1-5H3;2H,1H3;1H/t17?,18?,19?,20?,21?,22?,23-,25?,26-,27?;;/m0../s1. The van der Waals surface area contributed by atoms with Crippen molar-refractivity contribution in [3.63, 3.8) is 0 Å². The van der Waals surface area contributed by atoms with Crippen molar-refractivity contribution in [3.8, 4) is 0 Å². The average molecular weight is 450 g/mol. The lowest BCUT2D eigenvalue weighted by Gasteiger charge is -2.59. The van der Waals surface area contributed by atoms with Crippen LogP contribution in [0.15, 0.2) is 0 Å². The number of ether oxygens (including phenoxy) is 1. The molecule has 0 aromatic carbocycles. The second kappa shape index (κ2) is 7.67. The highest BCUT2D eigenvalue weighted by atomic mass is 16.5. The first kappa shape index (κ1) is 23.6. The number of fused-ring (bicyclic) bond motifs is 4. The van der Waals surface area contributed by atoms with Gasteiger partial charge in [-0.05, 0) is 124 Å². The van der Waals surface area contributed by atoms with Crippen LogP contribution in [0.25, 0.3) is 0 Å². The monoisotopic (exact) mass is 449 g/mol. The summed E-state index contributed by atoms with van der Waals surface area (Å²) >= 11 is 0. The zero-order chi connectivity index (χ0) is 23.1. The fraction of sp³-hybridized carbons (Fsp3) is 1.00. The Labute approximate surface area is 198 Å². The first-order valence-electron chi connectivity index (χ1n) is 13.6. The summed E-state index contributed by atoms with van der Waals surface area (Å²) in [7, 11) is 5.37. The van der Waals surface area contributed by atoms with Gasteiger partial charge < -0.3 is 19.8 Å². The van der Waals surface area contributed by atoms with Gasteiger partial charge in [0.05, 0.1) is 18.3 Å². The van der Waals surface area contributed by atoms with Gasteiger partial charge in [-0.2, -0.15) is 0 Å². The summed E-state index contributed by atoms with van der Waals surface area (Å²) < 4.78 is 6.78. The fourth-order valence-corrected chi connectivity index (χ4v) is 10.9. The second-order valence-electron chi connectivity index (χ2n) is 13.7. The molecular weight excluding hydrogens is 398 g/mol. The predicted octanol–water partition coefficient (Wildman–Crippen LogP) is 4.97. The van der Waals surface area contributed by atoms with Crippen LogP contribution in [0.3, 0.4) is 0 Å². The van der Waals surface area contributed by atoms with E-state index in [0.29, 0.717) is 28.5 Å². The molecule has 0 aromatic rings. The van der Waals surface area contributed by atoms with Crippen LogP contribution in [-0.2, 0) is 4.74 Å². The average Bonchev–Trinajstić information content (AvgIpc) is 3.33. The molecule has 6 fully saturated rings. The molecule has 4 nitrogen and oxygen atoms in total. The summed E-state index contributed by atoms with van der Waals surface area (Å²) in [6.07, 6.45) is 14.4. The van der Waals surface area contributed by atoms with Gasteiger partial charge in [0.1, 0.15) is 0 Å². The van der Waals surface area contributed by atoms with Gasteiger partial charge in [-0.1, -0.05) is 20.8 Å². The van der Waals surface area contributed by atoms with Crippen LogP contribution in [0.4, 0.5) is 0 Å². The third-order valence-corrected chi connectivity index (χ3v) is 12.2. The van der Waals surface area contributed by atoms with E-state index in [2.05, 4.69) is 39.8 Å². The second-order valence-corrected chi connectivity index (χ2v) is 13.7. The number of nitrogens with zero attached hydrogens (tertiary/aromatic N) is 1. The molecule has 0 aromatic heterocycles. The Bertz CT molecular complexity index is 730. The minimum atomic E-state index is -0.0902. The van der Waals surface area contributed by atoms with Crippen LogP contribution in [0.1, 0.15) is 86.4 Å².